The quantitative estimate of drug-likeness (QED) is 0.0382. The van der Waals surface area contributed by atoms with Crippen molar-refractivity contribution >= 4 is 11.6 Å². The number of rotatable bonds is 39. The average Bonchev–Trinajstić information content (AvgIpc) is 3.21. The number of carbonyl (C=O) groups excluding carboxylic acids is 2. The van der Waals surface area contributed by atoms with Crippen molar-refractivity contribution in [2.24, 2.45) is 0 Å². The molecule has 6 nitrogen and oxygen atoms in total. The van der Waals surface area contributed by atoms with E-state index in [1.807, 2.05) is 0 Å². The van der Waals surface area contributed by atoms with Gasteiger partial charge in [0.15, 0.2) is 23.0 Å². The largest absolute Gasteiger partial charge is 0.490 e. The van der Waals surface area contributed by atoms with E-state index in [2.05, 4.69) is 27.7 Å². The summed E-state index contributed by atoms with van der Waals surface area (Å²) < 4.78 is 24.9. The van der Waals surface area contributed by atoms with E-state index in [4.69, 9.17) is 18.9 Å². The predicted octanol–water partition coefficient (Wildman–Crippen LogP) is 15.3. The summed E-state index contributed by atoms with van der Waals surface area (Å²) in [7, 11) is 0. The molecule has 0 N–H and O–H groups in total. The zero-order valence-corrected chi connectivity index (χ0v) is 36.5. The molecule has 318 valence electrons. The molecule has 0 aliphatic rings. The first-order valence-electron chi connectivity index (χ1n) is 23.4. The Morgan fingerprint density at radius 2 is 0.554 bits per heavy atom. The molecule has 0 radical (unpaired) electrons. The smallest absolute Gasteiger partial charge is 0.233 e. The maximum atomic E-state index is 13.7. The molecular formula is C50H82O6. The summed E-state index contributed by atoms with van der Waals surface area (Å²) in [6, 6.07) is 10.4. The summed E-state index contributed by atoms with van der Waals surface area (Å²) in [5, 5.41) is 0. The number of hydrogen-bond acceptors (Lipinski definition) is 6. The van der Waals surface area contributed by atoms with Gasteiger partial charge in [0.2, 0.25) is 11.6 Å². The van der Waals surface area contributed by atoms with E-state index in [1.165, 1.54) is 128 Å². The zero-order chi connectivity index (χ0) is 40.3. The van der Waals surface area contributed by atoms with Crippen molar-refractivity contribution in [3.8, 4) is 23.0 Å². The van der Waals surface area contributed by atoms with Crippen LogP contribution in [0, 0.1) is 0 Å². The molecule has 6 heteroatoms. The van der Waals surface area contributed by atoms with Gasteiger partial charge < -0.3 is 18.9 Å². The summed E-state index contributed by atoms with van der Waals surface area (Å²) >= 11 is 0. The minimum atomic E-state index is -0.571. The van der Waals surface area contributed by atoms with Gasteiger partial charge in [0.05, 0.1) is 26.4 Å². The van der Waals surface area contributed by atoms with E-state index in [9.17, 15) is 9.59 Å². The Bertz CT molecular complexity index is 1270. The molecule has 2 aromatic rings. The van der Waals surface area contributed by atoms with Crippen LogP contribution in [0.2, 0.25) is 0 Å². The van der Waals surface area contributed by atoms with Crippen molar-refractivity contribution in [3.05, 3.63) is 47.5 Å². The molecule has 0 spiro atoms. The second kappa shape index (κ2) is 34.1. The zero-order valence-electron chi connectivity index (χ0n) is 36.5. The third-order valence-electron chi connectivity index (χ3n) is 10.6. The molecule has 0 aliphatic carbocycles. The van der Waals surface area contributed by atoms with Crippen molar-refractivity contribution in [2.75, 3.05) is 26.4 Å². The van der Waals surface area contributed by atoms with Gasteiger partial charge in [0.1, 0.15) is 0 Å². The average molecular weight is 779 g/mol. The van der Waals surface area contributed by atoms with Crippen LogP contribution < -0.4 is 18.9 Å². The molecule has 2 aromatic carbocycles. The fraction of sp³-hybridized carbons (Fsp3) is 0.720. The van der Waals surface area contributed by atoms with Gasteiger partial charge in [-0.3, -0.25) is 9.59 Å². The molecular weight excluding hydrogens is 697 g/mol. The molecule has 2 rings (SSSR count). The van der Waals surface area contributed by atoms with Crippen molar-refractivity contribution in [3.63, 3.8) is 0 Å². The van der Waals surface area contributed by atoms with Crippen LogP contribution in [-0.4, -0.2) is 38.0 Å². The fourth-order valence-corrected chi connectivity index (χ4v) is 6.99. The number of unbranched alkanes of at least 4 members (excludes halogenated alkanes) is 24. The summed E-state index contributed by atoms with van der Waals surface area (Å²) in [6.07, 6.45) is 33.6. The van der Waals surface area contributed by atoms with Gasteiger partial charge in [-0.15, -0.1) is 0 Å². The SMILES string of the molecule is CCCCCCCCCCOc1ccc(C(=O)C(=O)c2ccc(OCCCCCCCC)c(OCCCCCCCC)c2)cc1OCCCCCCCCCC. The normalized spacial score (nSPS) is 11.1. The van der Waals surface area contributed by atoms with Crippen LogP contribution in [-0.2, 0) is 0 Å². The van der Waals surface area contributed by atoms with Gasteiger partial charge in [-0.1, -0.05) is 182 Å². The second-order valence-corrected chi connectivity index (χ2v) is 15.9. The lowest BCUT2D eigenvalue weighted by molar-refractivity contribution is 0.0816. The maximum Gasteiger partial charge on any atom is 0.233 e. The monoisotopic (exact) mass is 779 g/mol. The molecule has 0 fully saturated rings. The van der Waals surface area contributed by atoms with Gasteiger partial charge in [0, 0.05) is 11.1 Å². The summed E-state index contributed by atoms with van der Waals surface area (Å²) in [5.74, 6) is 1.18. The Morgan fingerprint density at radius 1 is 0.321 bits per heavy atom. The topological polar surface area (TPSA) is 71.1 Å². The van der Waals surface area contributed by atoms with E-state index in [0.29, 0.717) is 60.6 Å². The van der Waals surface area contributed by atoms with Gasteiger partial charge in [-0.25, -0.2) is 0 Å². The molecule has 0 amide bonds. The van der Waals surface area contributed by atoms with Crippen LogP contribution in [0.3, 0.4) is 0 Å². The van der Waals surface area contributed by atoms with Crippen molar-refractivity contribution in [1.82, 2.24) is 0 Å². The Kier molecular flexibility index (Phi) is 29.9. The standard InChI is InChI=1S/C50H82O6/c1-5-9-13-17-21-23-27-30-38-54-46-36-34-44(42-48(46)56-40-32-28-24-22-18-14-10-6-2)50(52)49(51)43-33-35-45(53-37-29-25-19-15-11-7-3)47(41-43)55-39-31-26-20-16-12-8-4/h33-36,41-42H,5-32,37-40H2,1-4H3. The first-order valence-corrected chi connectivity index (χ1v) is 23.4. The lowest BCUT2D eigenvalue weighted by Crippen LogP contribution is -2.15. The predicted molar refractivity (Wildman–Crippen MR) is 235 cm³/mol. The van der Waals surface area contributed by atoms with E-state index in [0.717, 1.165) is 51.4 Å². The lowest BCUT2D eigenvalue weighted by Gasteiger charge is -2.15. The van der Waals surface area contributed by atoms with Crippen LogP contribution in [0.15, 0.2) is 36.4 Å². The number of carbonyl (C=O) groups is 2. The Labute approximate surface area is 343 Å². The van der Waals surface area contributed by atoms with Gasteiger partial charge in [0.25, 0.3) is 0 Å². The molecule has 0 heterocycles. The molecule has 56 heavy (non-hydrogen) atoms. The second-order valence-electron chi connectivity index (χ2n) is 15.9. The Hall–Kier alpha value is -3.02. The van der Waals surface area contributed by atoms with Crippen molar-refractivity contribution in [2.45, 2.75) is 207 Å². The summed E-state index contributed by atoms with van der Waals surface area (Å²) in [4.78, 5) is 27.5. The molecule has 0 saturated heterocycles. The molecule has 0 aliphatic heterocycles. The summed E-state index contributed by atoms with van der Waals surface area (Å²) in [6.45, 7) is 11.2. The van der Waals surface area contributed by atoms with Gasteiger partial charge >= 0.3 is 0 Å². The van der Waals surface area contributed by atoms with E-state index in [-0.39, 0.29) is 0 Å². The summed E-state index contributed by atoms with van der Waals surface area (Å²) in [5.41, 5.74) is 0.606. The van der Waals surface area contributed by atoms with E-state index >= 15 is 0 Å². The third-order valence-corrected chi connectivity index (χ3v) is 10.6. The molecule has 0 saturated carbocycles. The van der Waals surface area contributed by atoms with Crippen LogP contribution >= 0.6 is 0 Å². The Morgan fingerprint density at radius 3 is 0.821 bits per heavy atom. The van der Waals surface area contributed by atoms with Crippen molar-refractivity contribution < 1.29 is 28.5 Å². The fourth-order valence-electron chi connectivity index (χ4n) is 6.99. The van der Waals surface area contributed by atoms with Crippen LogP contribution in [0.5, 0.6) is 23.0 Å². The number of ketones is 2. The third kappa shape index (κ3) is 22.7. The van der Waals surface area contributed by atoms with Crippen LogP contribution in [0.4, 0.5) is 0 Å². The van der Waals surface area contributed by atoms with Gasteiger partial charge in [-0.05, 0) is 62.1 Å². The van der Waals surface area contributed by atoms with Crippen LogP contribution in [0.25, 0.3) is 0 Å². The first kappa shape index (κ1) is 49.1. The van der Waals surface area contributed by atoms with Crippen LogP contribution in [0.1, 0.15) is 228 Å². The maximum absolute atomic E-state index is 13.7. The van der Waals surface area contributed by atoms with Gasteiger partial charge in [-0.2, -0.15) is 0 Å². The Balaban J connectivity index is 2.10. The number of Topliss-reactive ketones (excluding diaryl/α,β-unsaturated/α-hetero) is 2. The number of hydrogen-bond donors (Lipinski definition) is 0. The highest BCUT2D eigenvalue weighted by molar-refractivity contribution is 6.49. The molecule has 0 bridgehead atoms. The number of benzene rings is 2. The molecule has 0 unspecified atom stereocenters. The highest BCUT2D eigenvalue weighted by Gasteiger charge is 2.22. The highest BCUT2D eigenvalue weighted by atomic mass is 16.5. The lowest BCUT2D eigenvalue weighted by atomic mass is 10.0. The minimum absolute atomic E-state index is 0.302. The minimum Gasteiger partial charge on any atom is -0.490 e. The highest BCUT2D eigenvalue weighted by Crippen LogP contribution is 2.32. The molecule has 0 aromatic heterocycles. The molecule has 0 atom stereocenters. The first-order chi connectivity index (χ1) is 27.5. The number of ether oxygens (including phenoxy) is 4. The van der Waals surface area contributed by atoms with E-state index in [1.54, 1.807) is 36.4 Å². The van der Waals surface area contributed by atoms with E-state index < -0.39 is 11.6 Å². The van der Waals surface area contributed by atoms with Crippen molar-refractivity contribution in [1.29, 1.82) is 0 Å².